The standard InChI is InChI=1S/C17H18F6N4OS/c1-2-24-15(26-8-14-27-13(9-29-14)17(21,22)23)25-7-11-3-5-12(6-4-11)28-10-16(18,19)20/h3-6,9H,2,7-8,10H2,1H3,(H2,24,25,26). The highest BCUT2D eigenvalue weighted by Gasteiger charge is 2.33. The number of alkyl halides is 6. The van der Waals surface area contributed by atoms with Crippen LogP contribution in [0.25, 0.3) is 0 Å². The fourth-order valence-corrected chi connectivity index (χ4v) is 2.79. The molecule has 0 saturated heterocycles. The van der Waals surface area contributed by atoms with Crippen LogP contribution in [0.15, 0.2) is 34.6 Å². The van der Waals surface area contributed by atoms with Gasteiger partial charge in [0.15, 0.2) is 18.3 Å². The molecule has 0 aliphatic rings. The number of thiazole rings is 1. The molecule has 160 valence electrons. The lowest BCUT2D eigenvalue weighted by atomic mass is 10.2. The molecule has 2 N–H and O–H groups in total. The maximum Gasteiger partial charge on any atom is 0.434 e. The number of halogens is 6. The fraction of sp³-hybridized carbons (Fsp3) is 0.412. The molecule has 0 atom stereocenters. The number of hydrogen-bond acceptors (Lipinski definition) is 4. The summed E-state index contributed by atoms with van der Waals surface area (Å²) in [5, 5.41) is 7.05. The zero-order valence-electron chi connectivity index (χ0n) is 15.2. The Hall–Kier alpha value is -2.50. The topological polar surface area (TPSA) is 58.5 Å². The predicted molar refractivity (Wildman–Crippen MR) is 96.8 cm³/mol. The van der Waals surface area contributed by atoms with Crippen LogP contribution in [0, 0.1) is 0 Å². The number of benzene rings is 1. The Morgan fingerprint density at radius 2 is 1.79 bits per heavy atom. The van der Waals surface area contributed by atoms with E-state index < -0.39 is 24.7 Å². The van der Waals surface area contributed by atoms with E-state index in [0.29, 0.717) is 12.5 Å². The van der Waals surface area contributed by atoms with Crippen LogP contribution in [0.3, 0.4) is 0 Å². The summed E-state index contributed by atoms with van der Waals surface area (Å²) < 4.78 is 78.8. The number of guanidine groups is 1. The molecule has 1 aromatic heterocycles. The molecule has 0 amide bonds. The van der Waals surface area contributed by atoms with Crippen molar-refractivity contribution >= 4 is 17.3 Å². The van der Waals surface area contributed by atoms with Crippen LogP contribution in [0.5, 0.6) is 5.75 Å². The van der Waals surface area contributed by atoms with Gasteiger partial charge in [-0.1, -0.05) is 12.1 Å². The van der Waals surface area contributed by atoms with Gasteiger partial charge in [0.2, 0.25) is 0 Å². The van der Waals surface area contributed by atoms with Crippen LogP contribution >= 0.6 is 11.3 Å². The summed E-state index contributed by atoms with van der Waals surface area (Å²) in [6.07, 6.45) is -8.89. The molecular weight excluding hydrogens is 422 g/mol. The van der Waals surface area contributed by atoms with E-state index in [4.69, 9.17) is 0 Å². The molecule has 5 nitrogen and oxygen atoms in total. The molecule has 12 heteroatoms. The summed E-state index contributed by atoms with van der Waals surface area (Å²) in [4.78, 5) is 7.83. The normalized spacial score (nSPS) is 12.7. The van der Waals surface area contributed by atoms with Gasteiger partial charge in [0, 0.05) is 11.9 Å². The second-order valence-electron chi connectivity index (χ2n) is 5.72. The number of nitrogens with zero attached hydrogens (tertiary/aromatic N) is 2. The van der Waals surface area contributed by atoms with E-state index in [1.165, 1.54) is 12.1 Å². The average Bonchev–Trinajstić information content (AvgIpc) is 3.12. The van der Waals surface area contributed by atoms with Gasteiger partial charge in [-0.05, 0) is 24.6 Å². The smallest absolute Gasteiger partial charge is 0.434 e. The van der Waals surface area contributed by atoms with Crippen LogP contribution < -0.4 is 15.4 Å². The Labute approximate surface area is 166 Å². The molecule has 0 aliphatic carbocycles. The molecule has 1 aromatic carbocycles. The number of aromatic nitrogens is 1. The van der Waals surface area contributed by atoms with E-state index in [2.05, 4.69) is 25.3 Å². The fourth-order valence-electron chi connectivity index (χ4n) is 2.05. The van der Waals surface area contributed by atoms with Gasteiger partial charge in [-0.2, -0.15) is 26.3 Å². The van der Waals surface area contributed by atoms with Gasteiger partial charge in [-0.3, -0.25) is 0 Å². The Bertz CT molecular complexity index is 801. The number of rotatable bonds is 7. The van der Waals surface area contributed by atoms with Crippen molar-refractivity contribution in [1.82, 2.24) is 15.6 Å². The van der Waals surface area contributed by atoms with E-state index in [0.717, 1.165) is 22.3 Å². The van der Waals surface area contributed by atoms with Crippen LogP contribution in [-0.4, -0.2) is 30.3 Å². The van der Waals surface area contributed by atoms with Gasteiger partial charge in [-0.25, -0.2) is 9.98 Å². The van der Waals surface area contributed by atoms with Gasteiger partial charge < -0.3 is 15.4 Å². The molecule has 0 saturated carbocycles. The number of aliphatic imine (C=N–C) groups is 1. The van der Waals surface area contributed by atoms with Crippen molar-refractivity contribution in [2.75, 3.05) is 13.2 Å². The van der Waals surface area contributed by atoms with Gasteiger partial charge in [0.05, 0.1) is 13.1 Å². The minimum absolute atomic E-state index is 0.0663. The number of ether oxygens (including phenoxy) is 1. The van der Waals surface area contributed by atoms with Crippen LogP contribution in [0.4, 0.5) is 26.3 Å². The first-order chi connectivity index (χ1) is 13.6. The molecule has 1 heterocycles. The third-order valence-corrected chi connectivity index (χ3v) is 4.19. The maximum absolute atomic E-state index is 12.6. The Kier molecular flexibility index (Phi) is 7.71. The lowest BCUT2D eigenvalue weighted by Gasteiger charge is -2.11. The minimum Gasteiger partial charge on any atom is -0.484 e. The second-order valence-corrected chi connectivity index (χ2v) is 6.66. The summed E-state index contributed by atoms with van der Waals surface area (Å²) in [6, 6.07) is 5.97. The van der Waals surface area contributed by atoms with Gasteiger partial charge >= 0.3 is 12.4 Å². The molecule has 2 rings (SSSR count). The Morgan fingerprint density at radius 1 is 1.10 bits per heavy atom. The van der Waals surface area contributed by atoms with Crippen molar-refractivity contribution in [3.63, 3.8) is 0 Å². The van der Waals surface area contributed by atoms with Crippen LogP contribution in [0.1, 0.15) is 23.2 Å². The van der Waals surface area contributed by atoms with E-state index in [-0.39, 0.29) is 23.8 Å². The molecule has 0 radical (unpaired) electrons. The first kappa shape index (κ1) is 22.8. The van der Waals surface area contributed by atoms with Gasteiger partial charge in [-0.15, -0.1) is 11.3 Å². The SMILES string of the molecule is CCNC(=NCc1ccc(OCC(F)(F)F)cc1)NCc1nc(C(F)(F)F)cs1. The van der Waals surface area contributed by atoms with Crippen molar-refractivity contribution in [2.24, 2.45) is 4.99 Å². The van der Waals surface area contributed by atoms with E-state index in [1.807, 2.05) is 6.92 Å². The zero-order valence-corrected chi connectivity index (χ0v) is 16.0. The lowest BCUT2D eigenvalue weighted by molar-refractivity contribution is -0.153. The monoisotopic (exact) mass is 440 g/mol. The molecule has 0 bridgehead atoms. The predicted octanol–water partition coefficient (Wildman–Crippen LogP) is 4.36. The van der Waals surface area contributed by atoms with Crippen LogP contribution in [0.2, 0.25) is 0 Å². The summed E-state index contributed by atoms with van der Waals surface area (Å²) in [5.41, 5.74) is -0.218. The summed E-state index contributed by atoms with van der Waals surface area (Å²) in [7, 11) is 0. The Morgan fingerprint density at radius 3 is 2.34 bits per heavy atom. The summed E-state index contributed by atoms with van der Waals surface area (Å²) in [6.45, 7) is 1.26. The van der Waals surface area contributed by atoms with Crippen molar-refractivity contribution in [3.8, 4) is 5.75 Å². The largest absolute Gasteiger partial charge is 0.484 e. The van der Waals surface area contributed by atoms with Crippen molar-refractivity contribution < 1.29 is 31.1 Å². The molecule has 0 spiro atoms. The van der Waals surface area contributed by atoms with Gasteiger partial charge in [0.25, 0.3) is 0 Å². The van der Waals surface area contributed by atoms with Crippen molar-refractivity contribution in [3.05, 3.63) is 45.9 Å². The molecule has 0 aliphatic heterocycles. The van der Waals surface area contributed by atoms with Crippen molar-refractivity contribution in [1.29, 1.82) is 0 Å². The average molecular weight is 440 g/mol. The highest BCUT2D eigenvalue weighted by atomic mass is 32.1. The first-order valence-electron chi connectivity index (χ1n) is 8.39. The highest BCUT2D eigenvalue weighted by Crippen LogP contribution is 2.29. The molecule has 29 heavy (non-hydrogen) atoms. The van der Waals surface area contributed by atoms with E-state index >= 15 is 0 Å². The Balaban J connectivity index is 1.92. The zero-order chi connectivity index (χ0) is 21.5. The molecule has 0 unspecified atom stereocenters. The maximum atomic E-state index is 12.6. The lowest BCUT2D eigenvalue weighted by Crippen LogP contribution is -2.36. The summed E-state index contributed by atoms with van der Waals surface area (Å²) in [5.74, 6) is 0.456. The highest BCUT2D eigenvalue weighted by molar-refractivity contribution is 7.09. The quantitative estimate of drug-likeness (QED) is 0.382. The third kappa shape index (κ3) is 8.18. The van der Waals surface area contributed by atoms with E-state index in [9.17, 15) is 26.3 Å². The number of nitrogens with one attached hydrogen (secondary N) is 2. The van der Waals surface area contributed by atoms with E-state index in [1.54, 1.807) is 12.1 Å². The molecule has 0 fully saturated rings. The number of hydrogen-bond donors (Lipinski definition) is 2. The second kappa shape index (κ2) is 9.81. The molecule has 2 aromatic rings. The minimum atomic E-state index is -4.48. The third-order valence-electron chi connectivity index (χ3n) is 3.34. The van der Waals surface area contributed by atoms with Crippen molar-refractivity contribution in [2.45, 2.75) is 32.4 Å². The van der Waals surface area contributed by atoms with Crippen LogP contribution in [-0.2, 0) is 19.3 Å². The molecular formula is C17H18F6N4OS. The van der Waals surface area contributed by atoms with Gasteiger partial charge in [0.1, 0.15) is 10.8 Å². The summed E-state index contributed by atoms with van der Waals surface area (Å²) >= 11 is 0.888. The first-order valence-corrected chi connectivity index (χ1v) is 9.27.